The van der Waals surface area contributed by atoms with Crippen LogP contribution >= 0.6 is 0 Å². The standard InChI is InChI=1S/C20H19F4NO2/c1-25(13-15-5-7-18-19(12-15)27-10-9-26-18)8-2-3-14-4-6-16(17(21)11-14)20(22,23)24/h2-7,11-12H,8-10,13H2,1H3. The summed E-state index contributed by atoms with van der Waals surface area (Å²) in [7, 11) is 1.91. The molecular formula is C20H19F4NO2. The average Bonchev–Trinajstić information content (AvgIpc) is 2.60. The third-order valence-corrected chi connectivity index (χ3v) is 4.09. The summed E-state index contributed by atoms with van der Waals surface area (Å²) < 4.78 is 62.3. The maximum Gasteiger partial charge on any atom is 0.419 e. The molecule has 0 saturated carbocycles. The molecule has 7 heteroatoms. The summed E-state index contributed by atoms with van der Waals surface area (Å²) in [4.78, 5) is 2.02. The van der Waals surface area contributed by atoms with E-state index in [2.05, 4.69) is 0 Å². The molecule has 2 aromatic carbocycles. The molecule has 0 atom stereocenters. The molecule has 0 unspecified atom stereocenters. The highest BCUT2D eigenvalue weighted by atomic mass is 19.4. The number of alkyl halides is 3. The Bertz CT molecular complexity index is 833. The van der Waals surface area contributed by atoms with Crippen LogP contribution in [0.15, 0.2) is 42.5 Å². The fourth-order valence-electron chi connectivity index (χ4n) is 2.80. The van der Waals surface area contributed by atoms with E-state index >= 15 is 0 Å². The zero-order valence-electron chi connectivity index (χ0n) is 14.7. The Kier molecular flexibility index (Phi) is 5.70. The summed E-state index contributed by atoms with van der Waals surface area (Å²) >= 11 is 0. The lowest BCUT2D eigenvalue weighted by molar-refractivity contribution is -0.140. The van der Waals surface area contributed by atoms with Crippen LogP contribution in [0.4, 0.5) is 17.6 Å². The monoisotopic (exact) mass is 381 g/mol. The van der Waals surface area contributed by atoms with Crippen molar-refractivity contribution >= 4 is 6.08 Å². The predicted octanol–water partition coefficient (Wildman–Crippen LogP) is 4.76. The number of ether oxygens (including phenoxy) is 2. The Labute approximate surface area is 154 Å². The number of likely N-dealkylation sites (N-methyl/N-ethyl adjacent to an activating group) is 1. The van der Waals surface area contributed by atoms with Crippen LogP contribution in [0.2, 0.25) is 0 Å². The van der Waals surface area contributed by atoms with Gasteiger partial charge in [0.25, 0.3) is 0 Å². The zero-order chi connectivity index (χ0) is 19.4. The van der Waals surface area contributed by atoms with Crippen molar-refractivity contribution in [2.45, 2.75) is 12.7 Å². The number of hydrogen-bond donors (Lipinski definition) is 0. The number of rotatable bonds is 5. The van der Waals surface area contributed by atoms with Crippen LogP contribution in [-0.2, 0) is 12.7 Å². The Morgan fingerprint density at radius 3 is 2.48 bits per heavy atom. The van der Waals surface area contributed by atoms with E-state index < -0.39 is 17.6 Å². The molecule has 3 nitrogen and oxygen atoms in total. The van der Waals surface area contributed by atoms with Gasteiger partial charge in [0.2, 0.25) is 0 Å². The highest BCUT2D eigenvalue weighted by molar-refractivity contribution is 5.50. The van der Waals surface area contributed by atoms with Gasteiger partial charge in [0.15, 0.2) is 11.5 Å². The molecule has 1 aliphatic heterocycles. The molecule has 0 aromatic heterocycles. The smallest absolute Gasteiger partial charge is 0.419 e. The van der Waals surface area contributed by atoms with E-state index in [-0.39, 0.29) is 0 Å². The summed E-state index contributed by atoms with van der Waals surface area (Å²) in [6.45, 7) is 2.28. The van der Waals surface area contributed by atoms with Gasteiger partial charge >= 0.3 is 6.18 Å². The van der Waals surface area contributed by atoms with Crippen LogP contribution in [0.25, 0.3) is 6.08 Å². The SMILES string of the molecule is CN(CC=Cc1ccc(C(F)(F)F)c(F)c1)Cc1ccc2c(c1)OCCO2. The van der Waals surface area contributed by atoms with E-state index in [1.54, 1.807) is 12.2 Å². The van der Waals surface area contributed by atoms with Gasteiger partial charge in [-0.15, -0.1) is 0 Å². The summed E-state index contributed by atoms with van der Waals surface area (Å²) in [5, 5.41) is 0. The fraction of sp³-hybridized carbons (Fsp3) is 0.300. The number of hydrogen-bond acceptors (Lipinski definition) is 3. The second kappa shape index (κ2) is 8.00. The fourth-order valence-corrected chi connectivity index (χ4v) is 2.80. The third kappa shape index (κ3) is 5.01. The second-order valence-electron chi connectivity index (χ2n) is 6.31. The van der Waals surface area contributed by atoms with Gasteiger partial charge in [-0.2, -0.15) is 13.2 Å². The molecule has 0 radical (unpaired) electrons. The Balaban J connectivity index is 1.57. The van der Waals surface area contributed by atoms with Gasteiger partial charge in [0.1, 0.15) is 19.0 Å². The number of fused-ring (bicyclic) bond motifs is 1. The van der Waals surface area contributed by atoms with Gasteiger partial charge in [0, 0.05) is 13.1 Å². The van der Waals surface area contributed by atoms with Crippen molar-refractivity contribution < 1.29 is 27.0 Å². The Morgan fingerprint density at radius 1 is 1.04 bits per heavy atom. The lowest BCUT2D eigenvalue weighted by Gasteiger charge is -2.20. The summed E-state index contributed by atoms with van der Waals surface area (Å²) in [6, 6.07) is 8.66. The molecule has 0 saturated heterocycles. The van der Waals surface area contributed by atoms with E-state index in [9.17, 15) is 17.6 Å². The van der Waals surface area contributed by atoms with Gasteiger partial charge < -0.3 is 9.47 Å². The first-order chi connectivity index (χ1) is 12.8. The maximum atomic E-state index is 13.6. The van der Waals surface area contributed by atoms with Crippen molar-refractivity contribution in [1.82, 2.24) is 4.90 Å². The summed E-state index contributed by atoms with van der Waals surface area (Å²) in [5.74, 6) is 0.189. The molecule has 144 valence electrons. The number of benzene rings is 2. The average molecular weight is 381 g/mol. The minimum Gasteiger partial charge on any atom is -0.486 e. The van der Waals surface area contributed by atoms with Crippen LogP contribution in [0.3, 0.4) is 0 Å². The minimum atomic E-state index is -4.68. The minimum absolute atomic E-state index is 0.383. The van der Waals surface area contributed by atoms with Crippen molar-refractivity contribution in [2.75, 3.05) is 26.8 Å². The molecule has 3 rings (SSSR count). The van der Waals surface area contributed by atoms with E-state index in [0.717, 1.165) is 29.2 Å². The number of halogens is 4. The summed E-state index contributed by atoms with van der Waals surface area (Å²) in [5.41, 5.74) is 0.180. The van der Waals surface area contributed by atoms with Gasteiger partial charge in [-0.1, -0.05) is 24.3 Å². The lowest BCUT2D eigenvalue weighted by Crippen LogP contribution is -2.19. The zero-order valence-corrected chi connectivity index (χ0v) is 14.7. The largest absolute Gasteiger partial charge is 0.486 e. The lowest BCUT2D eigenvalue weighted by atomic mass is 10.1. The molecule has 1 aliphatic rings. The molecule has 0 bridgehead atoms. The Hall–Kier alpha value is -2.54. The molecule has 0 amide bonds. The molecule has 0 N–H and O–H groups in total. The van der Waals surface area contributed by atoms with Crippen LogP contribution < -0.4 is 9.47 Å². The third-order valence-electron chi connectivity index (χ3n) is 4.09. The first-order valence-electron chi connectivity index (χ1n) is 8.43. The van der Waals surface area contributed by atoms with Gasteiger partial charge in [-0.25, -0.2) is 4.39 Å². The van der Waals surface area contributed by atoms with Crippen molar-refractivity contribution in [3.05, 3.63) is 65.0 Å². The van der Waals surface area contributed by atoms with E-state index in [4.69, 9.17) is 9.47 Å². The van der Waals surface area contributed by atoms with Crippen molar-refractivity contribution in [1.29, 1.82) is 0 Å². The van der Waals surface area contributed by atoms with Crippen LogP contribution in [0.5, 0.6) is 11.5 Å². The Morgan fingerprint density at radius 2 is 1.78 bits per heavy atom. The molecule has 0 aliphatic carbocycles. The van der Waals surface area contributed by atoms with Crippen LogP contribution in [0.1, 0.15) is 16.7 Å². The summed E-state index contributed by atoms with van der Waals surface area (Å²) in [6.07, 6.45) is -1.31. The van der Waals surface area contributed by atoms with Gasteiger partial charge in [-0.05, 0) is 42.4 Å². The van der Waals surface area contributed by atoms with Gasteiger partial charge in [-0.3, -0.25) is 4.90 Å². The number of nitrogens with zero attached hydrogens (tertiary/aromatic N) is 1. The highest BCUT2D eigenvalue weighted by Crippen LogP contribution is 2.32. The molecule has 0 fully saturated rings. The molecule has 2 aromatic rings. The maximum absolute atomic E-state index is 13.6. The van der Waals surface area contributed by atoms with Crippen molar-refractivity contribution in [3.63, 3.8) is 0 Å². The molecule has 1 heterocycles. The molecule has 0 spiro atoms. The highest BCUT2D eigenvalue weighted by Gasteiger charge is 2.33. The van der Waals surface area contributed by atoms with Crippen molar-refractivity contribution in [3.8, 4) is 11.5 Å². The van der Waals surface area contributed by atoms with E-state index in [1.165, 1.54) is 6.07 Å². The van der Waals surface area contributed by atoms with Crippen molar-refractivity contribution in [2.24, 2.45) is 0 Å². The van der Waals surface area contributed by atoms with Crippen LogP contribution in [-0.4, -0.2) is 31.7 Å². The first kappa shape index (κ1) is 19.2. The quantitative estimate of drug-likeness (QED) is 0.697. The first-order valence-corrected chi connectivity index (χ1v) is 8.43. The molecule has 27 heavy (non-hydrogen) atoms. The topological polar surface area (TPSA) is 21.7 Å². The molecular weight excluding hydrogens is 362 g/mol. The van der Waals surface area contributed by atoms with Gasteiger partial charge in [0.05, 0.1) is 5.56 Å². The predicted molar refractivity (Wildman–Crippen MR) is 94.2 cm³/mol. The second-order valence-corrected chi connectivity index (χ2v) is 6.31. The van der Waals surface area contributed by atoms with E-state index in [1.807, 2.05) is 30.1 Å². The van der Waals surface area contributed by atoms with E-state index in [0.29, 0.717) is 31.9 Å². The van der Waals surface area contributed by atoms with Crippen LogP contribution in [0, 0.1) is 5.82 Å². The normalized spacial score (nSPS) is 14.1.